The summed E-state index contributed by atoms with van der Waals surface area (Å²) in [5.74, 6) is -0.168. The zero-order valence-electron chi connectivity index (χ0n) is 11.4. The lowest BCUT2D eigenvalue weighted by atomic mass is 10.0. The fourth-order valence-electron chi connectivity index (χ4n) is 3.68. The zero-order valence-corrected chi connectivity index (χ0v) is 13.0. The first-order chi connectivity index (χ1) is 10.1. The second-order valence-corrected chi connectivity index (χ2v) is 7.66. The summed E-state index contributed by atoms with van der Waals surface area (Å²) in [7, 11) is 0. The Kier molecular flexibility index (Phi) is 3.19. The lowest BCUT2D eigenvalue weighted by Gasteiger charge is -2.36. The van der Waals surface area contributed by atoms with E-state index < -0.39 is 0 Å². The van der Waals surface area contributed by atoms with Gasteiger partial charge in [-0.3, -0.25) is 4.79 Å². The van der Waals surface area contributed by atoms with Crippen molar-refractivity contribution in [2.75, 3.05) is 0 Å². The number of rotatable bonds is 1. The van der Waals surface area contributed by atoms with Crippen LogP contribution in [0.3, 0.4) is 0 Å². The van der Waals surface area contributed by atoms with E-state index in [4.69, 9.17) is 11.6 Å². The third-order valence-corrected chi connectivity index (χ3v) is 6.05. The van der Waals surface area contributed by atoms with Gasteiger partial charge in [-0.15, -0.1) is 22.9 Å². The smallest absolute Gasteiger partial charge is 0.264 e. The van der Waals surface area contributed by atoms with Gasteiger partial charge in [-0.05, 0) is 49.3 Å². The summed E-state index contributed by atoms with van der Waals surface area (Å²) in [4.78, 5) is 15.6. The first-order valence-electron chi connectivity index (χ1n) is 7.27. The van der Waals surface area contributed by atoms with Gasteiger partial charge in [0.2, 0.25) is 0 Å². The van der Waals surface area contributed by atoms with E-state index in [1.807, 2.05) is 11.0 Å². The van der Waals surface area contributed by atoms with Gasteiger partial charge in [-0.1, -0.05) is 6.07 Å². The molecule has 2 unspecified atom stereocenters. The molecule has 110 valence electrons. The van der Waals surface area contributed by atoms with Crippen LogP contribution in [0, 0.1) is 5.82 Å². The van der Waals surface area contributed by atoms with Crippen molar-refractivity contribution in [2.24, 2.45) is 0 Å². The zero-order chi connectivity index (χ0) is 14.6. The van der Waals surface area contributed by atoms with Crippen molar-refractivity contribution >= 4 is 38.9 Å². The average Bonchev–Trinajstić information content (AvgIpc) is 2.97. The molecule has 1 aromatic carbocycles. The van der Waals surface area contributed by atoms with E-state index in [0.717, 1.165) is 35.8 Å². The minimum atomic E-state index is -0.258. The standard InChI is InChI=1S/C16H15ClFNOS/c17-10-6-12-3-4-13(7-10)19(12)16(20)15-5-9-1-2-11(18)8-14(9)21-15/h1-2,5,8,10,12-13H,3-4,6-7H2. The molecule has 0 aliphatic carbocycles. The van der Waals surface area contributed by atoms with Crippen LogP contribution in [-0.4, -0.2) is 28.3 Å². The Morgan fingerprint density at radius 1 is 1.24 bits per heavy atom. The quantitative estimate of drug-likeness (QED) is 0.712. The molecule has 2 aromatic rings. The third kappa shape index (κ3) is 2.25. The van der Waals surface area contributed by atoms with Crippen LogP contribution in [0.2, 0.25) is 0 Å². The number of benzene rings is 1. The predicted molar refractivity (Wildman–Crippen MR) is 83.6 cm³/mol. The number of hydrogen-bond acceptors (Lipinski definition) is 2. The van der Waals surface area contributed by atoms with Gasteiger partial charge in [0, 0.05) is 22.2 Å². The highest BCUT2D eigenvalue weighted by molar-refractivity contribution is 7.20. The Balaban J connectivity index is 1.67. The van der Waals surface area contributed by atoms with E-state index in [-0.39, 0.29) is 29.2 Å². The van der Waals surface area contributed by atoms with Gasteiger partial charge in [-0.25, -0.2) is 4.39 Å². The molecule has 0 spiro atoms. The van der Waals surface area contributed by atoms with Crippen molar-refractivity contribution in [3.05, 3.63) is 35.0 Å². The number of fused-ring (bicyclic) bond motifs is 3. The van der Waals surface area contributed by atoms with E-state index in [9.17, 15) is 9.18 Å². The molecular weight excluding hydrogens is 309 g/mol. The molecule has 0 radical (unpaired) electrons. The number of hydrogen-bond donors (Lipinski definition) is 0. The van der Waals surface area contributed by atoms with Gasteiger partial charge in [0.15, 0.2) is 0 Å². The first-order valence-corrected chi connectivity index (χ1v) is 8.53. The van der Waals surface area contributed by atoms with Crippen LogP contribution in [0.4, 0.5) is 4.39 Å². The van der Waals surface area contributed by atoms with Gasteiger partial charge in [0.1, 0.15) is 5.82 Å². The molecule has 3 heterocycles. The molecule has 2 nitrogen and oxygen atoms in total. The average molecular weight is 324 g/mol. The van der Waals surface area contributed by atoms with Crippen LogP contribution in [0.1, 0.15) is 35.4 Å². The summed E-state index contributed by atoms with van der Waals surface area (Å²) in [5.41, 5.74) is 0. The number of nitrogens with zero attached hydrogens (tertiary/aromatic N) is 1. The van der Waals surface area contributed by atoms with Gasteiger partial charge in [-0.2, -0.15) is 0 Å². The summed E-state index contributed by atoms with van der Waals surface area (Å²) in [6, 6.07) is 7.11. The van der Waals surface area contributed by atoms with Crippen molar-refractivity contribution in [1.29, 1.82) is 0 Å². The van der Waals surface area contributed by atoms with Crippen molar-refractivity contribution < 1.29 is 9.18 Å². The summed E-state index contributed by atoms with van der Waals surface area (Å²) < 4.78 is 14.1. The number of thiophene rings is 1. The summed E-state index contributed by atoms with van der Waals surface area (Å²) >= 11 is 7.65. The third-order valence-electron chi connectivity index (χ3n) is 4.60. The van der Waals surface area contributed by atoms with E-state index in [2.05, 4.69) is 0 Å². The Morgan fingerprint density at radius 3 is 2.67 bits per heavy atom. The molecule has 21 heavy (non-hydrogen) atoms. The molecule has 2 aliphatic rings. The molecule has 2 aliphatic heterocycles. The molecule has 1 aromatic heterocycles. The molecular formula is C16H15ClFNOS. The molecule has 1 amide bonds. The maximum atomic E-state index is 13.3. The van der Waals surface area contributed by atoms with E-state index in [1.54, 1.807) is 6.07 Å². The van der Waals surface area contributed by atoms with Gasteiger partial charge >= 0.3 is 0 Å². The molecule has 0 N–H and O–H groups in total. The minimum Gasteiger partial charge on any atom is -0.332 e. The molecule has 0 saturated carbocycles. The van der Waals surface area contributed by atoms with E-state index in [0.29, 0.717) is 4.88 Å². The van der Waals surface area contributed by atoms with Crippen LogP contribution >= 0.6 is 22.9 Å². The Labute approximate surface area is 131 Å². The number of halogens is 2. The van der Waals surface area contributed by atoms with Crippen molar-refractivity contribution in [3.63, 3.8) is 0 Å². The molecule has 2 saturated heterocycles. The normalized spacial score (nSPS) is 28.3. The Morgan fingerprint density at radius 2 is 1.95 bits per heavy atom. The molecule has 2 atom stereocenters. The second-order valence-electron chi connectivity index (χ2n) is 5.96. The van der Waals surface area contributed by atoms with Crippen molar-refractivity contribution in [3.8, 4) is 0 Å². The van der Waals surface area contributed by atoms with Crippen LogP contribution in [-0.2, 0) is 0 Å². The topological polar surface area (TPSA) is 20.3 Å². The van der Waals surface area contributed by atoms with E-state index in [1.165, 1.54) is 23.5 Å². The number of carbonyl (C=O) groups excluding carboxylic acids is 1. The highest BCUT2D eigenvalue weighted by Gasteiger charge is 2.43. The highest BCUT2D eigenvalue weighted by atomic mass is 35.5. The lowest BCUT2D eigenvalue weighted by Crippen LogP contribution is -2.46. The number of piperidine rings is 1. The molecule has 5 heteroatoms. The van der Waals surface area contributed by atoms with Gasteiger partial charge in [0.25, 0.3) is 5.91 Å². The largest absolute Gasteiger partial charge is 0.332 e. The van der Waals surface area contributed by atoms with Crippen molar-refractivity contribution in [1.82, 2.24) is 4.90 Å². The SMILES string of the molecule is O=C(c1cc2ccc(F)cc2s1)N1C2CCC1CC(Cl)C2. The predicted octanol–water partition coefficient (Wildman–Crippen LogP) is 4.41. The molecule has 2 bridgehead atoms. The Bertz CT molecular complexity index is 701. The number of alkyl halides is 1. The highest BCUT2D eigenvalue weighted by Crippen LogP contribution is 2.39. The number of carbonyl (C=O) groups is 1. The maximum Gasteiger partial charge on any atom is 0.264 e. The maximum absolute atomic E-state index is 13.3. The fraction of sp³-hybridized carbons (Fsp3) is 0.438. The van der Waals surface area contributed by atoms with E-state index >= 15 is 0 Å². The number of amides is 1. The summed E-state index contributed by atoms with van der Waals surface area (Å²) in [6.45, 7) is 0. The van der Waals surface area contributed by atoms with Crippen LogP contribution < -0.4 is 0 Å². The van der Waals surface area contributed by atoms with Crippen LogP contribution in [0.25, 0.3) is 10.1 Å². The van der Waals surface area contributed by atoms with Crippen LogP contribution in [0.15, 0.2) is 24.3 Å². The monoisotopic (exact) mass is 323 g/mol. The molecule has 4 rings (SSSR count). The van der Waals surface area contributed by atoms with Gasteiger partial charge < -0.3 is 4.90 Å². The summed E-state index contributed by atoms with van der Waals surface area (Å²) in [5, 5.41) is 1.13. The van der Waals surface area contributed by atoms with Gasteiger partial charge in [0.05, 0.1) is 4.88 Å². The molecule has 2 fully saturated rings. The van der Waals surface area contributed by atoms with Crippen LogP contribution in [0.5, 0.6) is 0 Å². The first kappa shape index (κ1) is 13.5. The second kappa shape index (κ2) is 4.96. The Hall–Kier alpha value is -1.13. The van der Waals surface area contributed by atoms with Crippen molar-refractivity contribution in [2.45, 2.75) is 43.1 Å². The minimum absolute atomic E-state index is 0.0904. The fourth-order valence-corrected chi connectivity index (χ4v) is 5.12. The lowest BCUT2D eigenvalue weighted by molar-refractivity contribution is 0.0605. The summed E-state index contributed by atoms with van der Waals surface area (Å²) in [6.07, 6.45) is 3.89.